The number of nitrogens with two attached hydrogens (primary N) is 1. The van der Waals surface area contributed by atoms with Crippen molar-refractivity contribution in [1.29, 1.82) is 0 Å². The Balaban J connectivity index is 0.00000200. The summed E-state index contributed by atoms with van der Waals surface area (Å²) in [5, 5.41) is 3.50. The number of hydrogen-bond acceptors (Lipinski definition) is 4. The molecule has 0 atom stereocenters. The van der Waals surface area contributed by atoms with Crippen LogP contribution in [0.1, 0.15) is 6.42 Å². The molecule has 1 aromatic rings. The Morgan fingerprint density at radius 2 is 2.00 bits per heavy atom. The van der Waals surface area contributed by atoms with Gasteiger partial charge in [0.15, 0.2) is 0 Å². The highest BCUT2D eigenvalue weighted by molar-refractivity contribution is 6.34. The molecule has 0 radical (unpaired) electrons. The largest absolute Gasteiger partial charge is 0.378 e. The average Bonchev–Trinajstić information content (AvgIpc) is 2.40. The minimum Gasteiger partial charge on any atom is -0.378 e. The summed E-state index contributed by atoms with van der Waals surface area (Å²) in [5.41, 5.74) is 6.97. The SMILES string of the molecule is Cl.Cl.NCCC(=O)Nc1cccc(Cl)c1N1CCOCC1. The summed E-state index contributed by atoms with van der Waals surface area (Å²) in [5.74, 6) is -0.0979. The predicted molar refractivity (Wildman–Crippen MR) is 91.3 cm³/mol. The summed E-state index contributed by atoms with van der Waals surface area (Å²) in [6, 6.07) is 5.50. The molecule has 2 rings (SSSR count). The van der Waals surface area contributed by atoms with Gasteiger partial charge in [-0.3, -0.25) is 4.79 Å². The van der Waals surface area contributed by atoms with Crippen molar-refractivity contribution in [3.63, 3.8) is 0 Å². The lowest BCUT2D eigenvalue weighted by Gasteiger charge is -2.31. The Labute approximate surface area is 142 Å². The van der Waals surface area contributed by atoms with Crippen molar-refractivity contribution in [3.8, 4) is 0 Å². The van der Waals surface area contributed by atoms with Crippen LogP contribution in [0, 0.1) is 0 Å². The van der Waals surface area contributed by atoms with Gasteiger partial charge in [0.25, 0.3) is 0 Å². The highest BCUT2D eigenvalue weighted by Gasteiger charge is 2.18. The molecule has 1 fully saturated rings. The number of hydrogen-bond donors (Lipinski definition) is 2. The molecule has 0 spiro atoms. The third-order valence-electron chi connectivity index (χ3n) is 2.96. The van der Waals surface area contributed by atoms with E-state index >= 15 is 0 Å². The molecule has 5 nitrogen and oxygen atoms in total. The number of morpholine rings is 1. The van der Waals surface area contributed by atoms with Crippen LogP contribution in [0.25, 0.3) is 0 Å². The van der Waals surface area contributed by atoms with Crippen molar-refractivity contribution >= 4 is 53.7 Å². The molecule has 21 heavy (non-hydrogen) atoms. The van der Waals surface area contributed by atoms with Crippen molar-refractivity contribution in [3.05, 3.63) is 23.2 Å². The fourth-order valence-corrected chi connectivity index (χ4v) is 2.36. The van der Waals surface area contributed by atoms with Crippen molar-refractivity contribution in [2.45, 2.75) is 6.42 Å². The number of ether oxygens (including phenoxy) is 1. The van der Waals surface area contributed by atoms with E-state index in [1.807, 2.05) is 18.2 Å². The molecule has 8 heteroatoms. The van der Waals surface area contributed by atoms with E-state index in [4.69, 9.17) is 22.1 Å². The first kappa shape index (κ1) is 20.3. The van der Waals surface area contributed by atoms with Crippen LogP contribution in [0.4, 0.5) is 11.4 Å². The number of halogens is 3. The van der Waals surface area contributed by atoms with Crippen molar-refractivity contribution < 1.29 is 9.53 Å². The van der Waals surface area contributed by atoms with Gasteiger partial charge in [-0.1, -0.05) is 17.7 Å². The number of carbonyl (C=O) groups is 1. The number of para-hydroxylation sites is 1. The molecule has 1 aliphatic heterocycles. The third kappa shape index (κ3) is 5.52. The van der Waals surface area contributed by atoms with Crippen molar-refractivity contribution in [2.24, 2.45) is 5.73 Å². The van der Waals surface area contributed by atoms with Crippen LogP contribution in [-0.2, 0) is 9.53 Å². The number of rotatable bonds is 4. The topological polar surface area (TPSA) is 67.6 Å². The van der Waals surface area contributed by atoms with Gasteiger partial charge in [0, 0.05) is 26.1 Å². The molecule has 3 N–H and O–H groups in total. The molecular formula is C13H20Cl3N3O2. The van der Waals surface area contributed by atoms with Crippen LogP contribution in [0.2, 0.25) is 5.02 Å². The Morgan fingerprint density at radius 1 is 1.33 bits per heavy atom. The Bertz CT molecular complexity index is 454. The highest BCUT2D eigenvalue weighted by Crippen LogP contribution is 2.34. The average molecular weight is 357 g/mol. The number of amides is 1. The van der Waals surface area contributed by atoms with E-state index in [1.54, 1.807) is 0 Å². The maximum Gasteiger partial charge on any atom is 0.225 e. The molecule has 0 aromatic heterocycles. The van der Waals surface area contributed by atoms with E-state index in [0.29, 0.717) is 31.2 Å². The maximum atomic E-state index is 11.7. The lowest BCUT2D eigenvalue weighted by atomic mass is 10.2. The van der Waals surface area contributed by atoms with Crippen LogP contribution in [-0.4, -0.2) is 38.8 Å². The maximum absolute atomic E-state index is 11.7. The summed E-state index contributed by atoms with van der Waals surface area (Å²) in [6.45, 7) is 3.20. The summed E-state index contributed by atoms with van der Waals surface area (Å²) >= 11 is 6.26. The monoisotopic (exact) mass is 355 g/mol. The first-order valence-corrected chi connectivity index (χ1v) is 6.71. The lowest BCUT2D eigenvalue weighted by Crippen LogP contribution is -2.37. The van der Waals surface area contributed by atoms with Gasteiger partial charge in [0.1, 0.15) is 0 Å². The van der Waals surface area contributed by atoms with E-state index in [2.05, 4.69) is 10.2 Å². The van der Waals surface area contributed by atoms with Gasteiger partial charge in [0.2, 0.25) is 5.91 Å². The molecule has 1 heterocycles. The summed E-state index contributed by atoms with van der Waals surface area (Å²) in [7, 11) is 0. The van der Waals surface area contributed by atoms with Crippen LogP contribution < -0.4 is 16.0 Å². The Morgan fingerprint density at radius 3 is 2.62 bits per heavy atom. The molecule has 1 aromatic carbocycles. The van der Waals surface area contributed by atoms with Crippen molar-refractivity contribution in [2.75, 3.05) is 43.1 Å². The Kier molecular flexibility index (Phi) is 9.74. The molecule has 1 saturated heterocycles. The smallest absolute Gasteiger partial charge is 0.225 e. The summed E-state index contributed by atoms with van der Waals surface area (Å²) in [4.78, 5) is 13.8. The Hall–Kier alpha value is -0.720. The molecule has 0 bridgehead atoms. The zero-order chi connectivity index (χ0) is 13.7. The molecule has 1 aliphatic rings. The van der Waals surface area contributed by atoms with Crippen LogP contribution in [0.3, 0.4) is 0 Å². The predicted octanol–water partition coefficient (Wildman–Crippen LogP) is 2.31. The molecular weight excluding hydrogens is 337 g/mol. The molecule has 0 aliphatic carbocycles. The second-order valence-corrected chi connectivity index (χ2v) is 4.73. The van der Waals surface area contributed by atoms with Gasteiger partial charge in [-0.05, 0) is 12.1 Å². The van der Waals surface area contributed by atoms with Gasteiger partial charge in [-0.25, -0.2) is 0 Å². The number of nitrogens with zero attached hydrogens (tertiary/aromatic N) is 1. The highest BCUT2D eigenvalue weighted by atomic mass is 35.5. The fraction of sp³-hybridized carbons (Fsp3) is 0.462. The first-order chi connectivity index (χ1) is 9.22. The van der Waals surface area contributed by atoms with E-state index < -0.39 is 0 Å². The lowest BCUT2D eigenvalue weighted by molar-refractivity contribution is -0.116. The quantitative estimate of drug-likeness (QED) is 0.869. The number of anilines is 2. The van der Waals surface area contributed by atoms with Crippen molar-refractivity contribution in [1.82, 2.24) is 0 Å². The van der Waals surface area contributed by atoms with Gasteiger partial charge >= 0.3 is 0 Å². The van der Waals surface area contributed by atoms with E-state index in [9.17, 15) is 4.79 Å². The van der Waals surface area contributed by atoms with Crippen LogP contribution >= 0.6 is 36.4 Å². The molecule has 120 valence electrons. The van der Waals surface area contributed by atoms with Crippen LogP contribution in [0.5, 0.6) is 0 Å². The number of benzene rings is 1. The van der Waals surface area contributed by atoms with Crippen LogP contribution in [0.15, 0.2) is 18.2 Å². The second-order valence-electron chi connectivity index (χ2n) is 4.32. The summed E-state index contributed by atoms with van der Waals surface area (Å²) in [6.07, 6.45) is 0.301. The number of carbonyl (C=O) groups excluding carboxylic acids is 1. The normalized spacial score (nSPS) is 13.9. The number of nitrogens with one attached hydrogen (secondary N) is 1. The molecule has 0 saturated carbocycles. The summed E-state index contributed by atoms with van der Waals surface area (Å²) < 4.78 is 5.33. The minimum absolute atomic E-state index is 0. The van der Waals surface area contributed by atoms with E-state index in [0.717, 1.165) is 24.5 Å². The second kappa shape index (κ2) is 10.1. The van der Waals surface area contributed by atoms with Gasteiger partial charge in [-0.2, -0.15) is 0 Å². The van der Waals surface area contributed by atoms with Gasteiger partial charge in [0.05, 0.1) is 29.6 Å². The molecule has 0 unspecified atom stereocenters. The molecule has 1 amide bonds. The standard InChI is InChI=1S/C13H18ClN3O2.2ClH/c14-10-2-1-3-11(16-12(18)4-5-15)13(10)17-6-8-19-9-7-17;;/h1-3H,4-9,15H2,(H,16,18);2*1H. The third-order valence-corrected chi connectivity index (χ3v) is 3.26. The fourth-order valence-electron chi connectivity index (χ4n) is 2.07. The minimum atomic E-state index is -0.0979. The zero-order valence-electron chi connectivity index (χ0n) is 11.5. The zero-order valence-corrected chi connectivity index (χ0v) is 13.9. The van der Waals surface area contributed by atoms with E-state index in [-0.39, 0.29) is 30.7 Å². The van der Waals surface area contributed by atoms with Gasteiger partial charge < -0.3 is 20.7 Å². The van der Waals surface area contributed by atoms with Gasteiger partial charge in [-0.15, -0.1) is 24.8 Å². The van der Waals surface area contributed by atoms with E-state index in [1.165, 1.54) is 0 Å². The first-order valence-electron chi connectivity index (χ1n) is 6.33.